The maximum absolute atomic E-state index is 6.23. The number of ether oxygens (including phenoxy) is 2. The highest BCUT2D eigenvalue weighted by Gasteiger charge is 2.15. The van der Waals surface area contributed by atoms with Gasteiger partial charge in [0.15, 0.2) is 11.5 Å². The molecule has 154 valence electrons. The molecule has 3 rings (SSSR count). The number of nitrogens with one attached hydrogen (secondary N) is 1. The van der Waals surface area contributed by atoms with Crippen LogP contribution in [0.25, 0.3) is 0 Å². The van der Waals surface area contributed by atoms with Gasteiger partial charge < -0.3 is 27.2 Å². The van der Waals surface area contributed by atoms with Crippen LogP contribution in [0.5, 0.6) is 11.5 Å². The third-order valence-electron chi connectivity index (χ3n) is 4.88. The van der Waals surface area contributed by atoms with Crippen molar-refractivity contribution in [2.75, 3.05) is 7.11 Å². The molecule has 0 amide bonds. The Kier molecular flexibility index (Phi) is 9.72. The van der Waals surface area contributed by atoms with Crippen molar-refractivity contribution in [2.24, 2.45) is 0 Å². The third kappa shape index (κ3) is 6.43. The Balaban J connectivity index is 0.00000280. The predicted octanol–water partition coefficient (Wildman–Crippen LogP) is 3.77. The van der Waals surface area contributed by atoms with Gasteiger partial charge in [-0.1, -0.05) is 48.5 Å². The van der Waals surface area contributed by atoms with Crippen LogP contribution in [-0.4, -0.2) is 13.2 Å². The minimum atomic E-state index is 0. The number of benzene rings is 2. The average molecular weight is 509 g/mol. The summed E-state index contributed by atoms with van der Waals surface area (Å²) in [5, 5.41) is 4.86. The van der Waals surface area contributed by atoms with Crippen LogP contribution in [0.3, 0.4) is 0 Å². The molecule has 1 aliphatic rings. The Labute approximate surface area is 191 Å². The van der Waals surface area contributed by atoms with Gasteiger partial charge >= 0.3 is 0 Å². The lowest BCUT2D eigenvalue weighted by atomic mass is 9.95. The quantitative estimate of drug-likeness (QED) is 0.618. The fourth-order valence-electron chi connectivity index (χ4n) is 3.37. The summed E-state index contributed by atoms with van der Waals surface area (Å²) < 4.78 is 12.4. The Morgan fingerprint density at radius 2 is 1.86 bits per heavy atom. The van der Waals surface area contributed by atoms with Crippen LogP contribution in [0.2, 0.25) is 10.0 Å². The Hall–Kier alpha value is -0.650. The van der Waals surface area contributed by atoms with Crippen LogP contribution in [0.4, 0.5) is 0 Å². The van der Waals surface area contributed by atoms with Gasteiger partial charge in [0, 0.05) is 28.2 Å². The molecule has 0 spiro atoms. The van der Waals surface area contributed by atoms with Crippen molar-refractivity contribution >= 4 is 39.1 Å². The maximum atomic E-state index is 6.23. The summed E-state index contributed by atoms with van der Waals surface area (Å²) >= 11 is 15.8. The van der Waals surface area contributed by atoms with Gasteiger partial charge in [-0.25, -0.2) is 0 Å². The Morgan fingerprint density at radius 3 is 2.54 bits per heavy atom. The molecule has 0 unspecified atom stereocenters. The van der Waals surface area contributed by atoms with Gasteiger partial charge in [0.25, 0.3) is 0 Å². The van der Waals surface area contributed by atoms with E-state index in [9.17, 15) is 0 Å². The van der Waals surface area contributed by atoms with E-state index in [4.69, 9.17) is 32.7 Å². The molecule has 0 aromatic heterocycles. The summed E-state index contributed by atoms with van der Waals surface area (Å²) in [7, 11) is 1.66. The van der Waals surface area contributed by atoms with Crippen LogP contribution in [-0.2, 0) is 13.2 Å². The summed E-state index contributed by atoms with van der Waals surface area (Å²) in [4.78, 5) is 0. The van der Waals surface area contributed by atoms with E-state index in [1.54, 1.807) is 19.2 Å². The predicted molar refractivity (Wildman–Crippen MR) is 115 cm³/mol. The molecule has 1 aliphatic carbocycles. The zero-order valence-corrected chi connectivity index (χ0v) is 19.6. The van der Waals surface area contributed by atoms with Gasteiger partial charge in [0.1, 0.15) is 6.61 Å². The number of hydrogen-bond acceptors (Lipinski definition) is 3. The van der Waals surface area contributed by atoms with Crippen LogP contribution in [0.15, 0.2) is 34.8 Å². The molecule has 0 atom stereocenters. The molecule has 0 bridgehead atoms. The first-order valence-electron chi connectivity index (χ1n) is 9.23. The summed E-state index contributed by atoms with van der Waals surface area (Å²) in [6, 6.07) is 10.1. The van der Waals surface area contributed by atoms with E-state index in [1.165, 1.54) is 37.7 Å². The normalized spacial score (nSPS) is 14.4. The smallest absolute Gasteiger partial charge is 0.175 e. The number of rotatable bonds is 7. The van der Waals surface area contributed by atoms with Crippen LogP contribution >= 0.6 is 39.1 Å². The number of methoxy groups -OCH3 is 1. The van der Waals surface area contributed by atoms with E-state index in [2.05, 4.69) is 27.3 Å². The van der Waals surface area contributed by atoms with E-state index in [0.29, 0.717) is 34.2 Å². The molecule has 1 saturated carbocycles. The minimum Gasteiger partial charge on any atom is -1.00 e. The van der Waals surface area contributed by atoms with E-state index in [1.807, 2.05) is 12.1 Å². The first-order chi connectivity index (χ1) is 13.1. The fraction of sp³-hybridized carbons (Fsp3) is 0.429. The second-order valence-electron chi connectivity index (χ2n) is 6.85. The van der Waals surface area contributed by atoms with Crippen molar-refractivity contribution in [2.45, 2.75) is 51.3 Å². The molecule has 0 heterocycles. The zero-order chi connectivity index (χ0) is 19.2. The molecule has 0 saturated heterocycles. The highest BCUT2D eigenvalue weighted by Crippen LogP contribution is 2.37. The monoisotopic (exact) mass is 506 g/mol. The van der Waals surface area contributed by atoms with Crippen molar-refractivity contribution in [3.05, 3.63) is 56.0 Å². The zero-order valence-electron chi connectivity index (χ0n) is 15.7. The van der Waals surface area contributed by atoms with Gasteiger partial charge in [-0.2, -0.15) is 0 Å². The summed E-state index contributed by atoms with van der Waals surface area (Å²) in [5.41, 5.74) is 2.04. The van der Waals surface area contributed by atoms with E-state index < -0.39 is 0 Å². The molecule has 2 aromatic rings. The minimum absolute atomic E-state index is 0. The molecule has 1 N–H and O–H groups in total. The lowest BCUT2D eigenvalue weighted by Gasteiger charge is -2.23. The van der Waals surface area contributed by atoms with Gasteiger partial charge in [-0.05, 0) is 58.6 Å². The number of hydrogen-bond donors (Lipinski definition) is 1. The first kappa shape index (κ1) is 23.6. The molecule has 3 nitrogen and oxygen atoms in total. The SMILES string of the molecule is COc1cc(CNC2CCCCC2)cc(Br)c1OCc1ccc(Cl)cc1Cl.[Cl-]. The Bertz CT molecular complexity index is 782. The first-order valence-corrected chi connectivity index (χ1v) is 10.8. The number of halogens is 4. The van der Waals surface area contributed by atoms with Crippen LogP contribution < -0.4 is 27.2 Å². The second kappa shape index (κ2) is 11.5. The van der Waals surface area contributed by atoms with E-state index in [-0.39, 0.29) is 12.4 Å². The largest absolute Gasteiger partial charge is 1.00 e. The summed E-state index contributed by atoms with van der Waals surface area (Å²) in [6.45, 7) is 1.16. The lowest BCUT2D eigenvalue weighted by Crippen LogP contribution is -3.00. The van der Waals surface area contributed by atoms with Gasteiger partial charge in [0.05, 0.1) is 11.6 Å². The molecule has 7 heteroatoms. The van der Waals surface area contributed by atoms with Gasteiger partial charge in [-0.3, -0.25) is 0 Å². The third-order valence-corrected chi connectivity index (χ3v) is 6.05. The molecule has 0 radical (unpaired) electrons. The van der Waals surface area contributed by atoms with Crippen molar-refractivity contribution < 1.29 is 21.9 Å². The second-order valence-corrected chi connectivity index (χ2v) is 8.55. The fourth-order valence-corrected chi connectivity index (χ4v) is 4.44. The van der Waals surface area contributed by atoms with Crippen molar-refractivity contribution in [3.63, 3.8) is 0 Å². The van der Waals surface area contributed by atoms with E-state index in [0.717, 1.165) is 16.6 Å². The van der Waals surface area contributed by atoms with Crippen molar-refractivity contribution in [1.29, 1.82) is 0 Å². The van der Waals surface area contributed by atoms with Gasteiger partial charge in [-0.15, -0.1) is 0 Å². The molecule has 2 aromatic carbocycles. The van der Waals surface area contributed by atoms with E-state index >= 15 is 0 Å². The molecular formula is C21H24BrCl3NO2-. The highest BCUT2D eigenvalue weighted by atomic mass is 79.9. The lowest BCUT2D eigenvalue weighted by molar-refractivity contribution is -0.00000585. The van der Waals surface area contributed by atoms with Crippen LogP contribution in [0, 0.1) is 0 Å². The topological polar surface area (TPSA) is 30.5 Å². The molecule has 0 aliphatic heterocycles. The standard InChI is InChI=1S/C21H24BrCl2NO2.ClH/c1-26-20-10-14(12-25-17-5-3-2-4-6-17)9-18(22)21(20)27-13-15-7-8-16(23)11-19(15)24;/h7-11,17,25H,2-6,12-13H2,1H3;1H/p-1. The average Bonchev–Trinajstić information content (AvgIpc) is 2.67. The molecule has 1 fully saturated rings. The highest BCUT2D eigenvalue weighted by molar-refractivity contribution is 9.10. The van der Waals surface area contributed by atoms with Crippen molar-refractivity contribution in [1.82, 2.24) is 5.32 Å². The van der Waals surface area contributed by atoms with Crippen LogP contribution in [0.1, 0.15) is 43.2 Å². The molecule has 28 heavy (non-hydrogen) atoms. The summed E-state index contributed by atoms with van der Waals surface area (Å²) in [5.74, 6) is 1.37. The maximum Gasteiger partial charge on any atom is 0.175 e. The van der Waals surface area contributed by atoms with Gasteiger partial charge in [0.2, 0.25) is 0 Å². The van der Waals surface area contributed by atoms with Crippen molar-refractivity contribution in [3.8, 4) is 11.5 Å². The summed E-state index contributed by atoms with van der Waals surface area (Å²) in [6.07, 6.45) is 6.54. The Morgan fingerprint density at radius 1 is 1.11 bits per heavy atom. The molecular weight excluding hydrogens is 484 g/mol.